The molecule has 1 saturated heterocycles. The molecule has 0 aliphatic carbocycles. The minimum absolute atomic E-state index is 0.0172. The van der Waals surface area contributed by atoms with Crippen molar-refractivity contribution >= 4 is 23.2 Å². The second-order valence-electron chi connectivity index (χ2n) is 6.50. The minimum atomic E-state index is -5.31. The van der Waals surface area contributed by atoms with E-state index in [1.807, 2.05) is 0 Å². The first-order valence-electron chi connectivity index (χ1n) is 8.88. The Morgan fingerprint density at radius 3 is 2.60 bits per heavy atom. The standard InChI is InChI=1S/C19H19F3N2O5S/c1-3-29-11-7-6-10(9-12(11)28-2)15-14(16(25)13-5-4-8-30-13)18(27,19(20,21)22)24-17(26)23-15/h4-9,14-15,27H,3H2,1-2H3,(H2,23,24,26)/t14-,15+,18-/m0/s1. The van der Waals surface area contributed by atoms with E-state index in [1.165, 1.54) is 48.1 Å². The Morgan fingerprint density at radius 1 is 1.30 bits per heavy atom. The van der Waals surface area contributed by atoms with Crippen LogP contribution in [0.2, 0.25) is 0 Å². The maximum absolute atomic E-state index is 13.9. The Labute approximate surface area is 173 Å². The number of hydrogen-bond acceptors (Lipinski definition) is 6. The van der Waals surface area contributed by atoms with Crippen LogP contribution in [-0.4, -0.2) is 42.5 Å². The summed E-state index contributed by atoms with van der Waals surface area (Å²) in [6.45, 7) is 2.08. The number of aliphatic hydroxyl groups is 1. The summed E-state index contributed by atoms with van der Waals surface area (Å²) >= 11 is 0.938. The van der Waals surface area contributed by atoms with Crippen molar-refractivity contribution < 1.29 is 37.3 Å². The van der Waals surface area contributed by atoms with E-state index in [2.05, 4.69) is 5.32 Å². The lowest BCUT2D eigenvalue weighted by molar-refractivity contribution is -0.287. The number of ether oxygens (including phenoxy) is 2. The molecule has 11 heteroatoms. The molecule has 2 amide bonds. The zero-order valence-electron chi connectivity index (χ0n) is 15.9. The quantitative estimate of drug-likeness (QED) is 0.595. The van der Waals surface area contributed by atoms with Crippen LogP contribution in [0.5, 0.6) is 11.5 Å². The van der Waals surface area contributed by atoms with Gasteiger partial charge in [-0.2, -0.15) is 13.2 Å². The monoisotopic (exact) mass is 444 g/mol. The first kappa shape index (κ1) is 21.9. The van der Waals surface area contributed by atoms with Crippen LogP contribution in [0, 0.1) is 5.92 Å². The first-order valence-corrected chi connectivity index (χ1v) is 9.76. The highest BCUT2D eigenvalue weighted by Crippen LogP contribution is 2.45. The van der Waals surface area contributed by atoms with Crippen LogP contribution in [-0.2, 0) is 0 Å². The van der Waals surface area contributed by atoms with E-state index in [0.717, 1.165) is 11.3 Å². The number of ketones is 1. The van der Waals surface area contributed by atoms with Gasteiger partial charge >= 0.3 is 12.2 Å². The van der Waals surface area contributed by atoms with Crippen molar-refractivity contribution in [3.8, 4) is 11.5 Å². The fraction of sp³-hybridized carbons (Fsp3) is 0.368. The number of benzene rings is 1. The van der Waals surface area contributed by atoms with Crippen molar-refractivity contribution in [2.45, 2.75) is 24.9 Å². The summed E-state index contributed by atoms with van der Waals surface area (Å²) in [5.74, 6) is -2.50. The van der Waals surface area contributed by atoms with Crippen molar-refractivity contribution in [1.29, 1.82) is 0 Å². The van der Waals surface area contributed by atoms with Crippen LogP contribution in [0.3, 0.4) is 0 Å². The van der Waals surface area contributed by atoms with Crippen molar-refractivity contribution in [1.82, 2.24) is 10.6 Å². The molecule has 2 aromatic rings. The van der Waals surface area contributed by atoms with Gasteiger partial charge in [0.15, 0.2) is 17.3 Å². The average Bonchev–Trinajstić information content (AvgIpc) is 3.21. The van der Waals surface area contributed by atoms with Gasteiger partial charge in [-0.15, -0.1) is 11.3 Å². The second-order valence-corrected chi connectivity index (χ2v) is 7.45. The Kier molecular flexibility index (Phi) is 5.95. The van der Waals surface area contributed by atoms with Crippen molar-refractivity contribution in [3.63, 3.8) is 0 Å². The molecular formula is C19H19F3N2O5S. The number of urea groups is 1. The summed E-state index contributed by atoms with van der Waals surface area (Å²) in [5, 5.41) is 15.9. The van der Waals surface area contributed by atoms with Crippen LogP contribution in [0.25, 0.3) is 0 Å². The van der Waals surface area contributed by atoms with Crippen molar-refractivity contribution in [3.05, 3.63) is 46.2 Å². The highest BCUT2D eigenvalue weighted by atomic mass is 32.1. The largest absolute Gasteiger partial charge is 0.493 e. The number of alkyl halides is 3. The molecule has 1 aliphatic heterocycles. The summed E-state index contributed by atoms with van der Waals surface area (Å²) in [6, 6.07) is 4.37. The predicted octanol–water partition coefficient (Wildman–Crippen LogP) is 3.26. The van der Waals surface area contributed by atoms with Gasteiger partial charge in [0.1, 0.15) is 5.92 Å². The third kappa shape index (κ3) is 3.82. The Morgan fingerprint density at radius 2 is 2.03 bits per heavy atom. The van der Waals surface area contributed by atoms with Gasteiger partial charge in [-0.1, -0.05) is 12.1 Å². The smallest absolute Gasteiger partial charge is 0.437 e. The number of methoxy groups -OCH3 is 1. The molecule has 1 aromatic carbocycles. The summed E-state index contributed by atoms with van der Waals surface area (Å²) in [6.07, 6.45) is -5.31. The molecule has 0 unspecified atom stereocenters. The van der Waals surface area contributed by atoms with Gasteiger partial charge in [0.2, 0.25) is 5.72 Å². The van der Waals surface area contributed by atoms with E-state index in [4.69, 9.17) is 9.47 Å². The molecule has 0 bridgehead atoms. The fourth-order valence-corrected chi connectivity index (χ4v) is 4.05. The van der Waals surface area contributed by atoms with Crippen LogP contribution >= 0.6 is 11.3 Å². The van der Waals surface area contributed by atoms with Gasteiger partial charge in [0.05, 0.1) is 24.6 Å². The van der Waals surface area contributed by atoms with E-state index >= 15 is 0 Å². The number of hydrogen-bond donors (Lipinski definition) is 3. The minimum Gasteiger partial charge on any atom is -0.493 e. The average molecular weight is 444 g/mol. The second kappa shape index (κ2) is 8.15. The van der Waals surface area contributed by atoms with E-state index in [-0.39, 0.29) is 16.2 Å². The third-order valence-corrected chi connectivity index (χ3v) is 5.58. The molecule has 30 heavy (non-hydrogen) atoms. The molecule has 3 rings (SSSR count). The molecule has 0 saturated carbocycles. The number of rotatable bonds is 6. The number of Topliss-reactive ketones (excluding diaryl/α,β-unsaturated/α-hetero) is 1. The van der Waals surface area contributed by atoms with Gasteiger partial charge in [0, 0.05) is 0 Å². The SMILES string of the molecule is CCOc1ccc([C@H]2NC(=O)N[C@@](O)(C(F)(F)F)[C@@H]2C(=O)c2cccs2)cc1OC. The lowest BCUT2D eigenvalue weighted by atomic mass is 9.78. The van der Waals surface area contributed by atoms with E-state index < -0.39 is 35.7 Å². The lowest BCUT2D eigenvalue weighted by Crippen LogP contribution is -2.72. The van der Waals surface area contributed by atoms with Crippen LogP contribution in [0.4, 0.5) is 18.0 Å². The highest BCUT2D eigenvalue weighted by molar-refractivity contribution is 7.12. The molecule has 0 spiro atoms. The molecule has 2 heterocycles. The van der Waals surface area contributed by atoms with E-state index in [0.29, 0.717) is 12.4 Å². The van der Waals surface area contributed by atoms with E-state index in [9.17, 15) is 27.9 Å². The molecule has 7 nitrogen and oxygen atoms in total. The van der Waals surface area contributed by atoms with Gasteiger partial charge < -0.3 is 25.2 Å². The van der Waals surface area contributed by atoms with Crippen LogP contribution in [0.1, 0.15) is 28.2 Å². The molecule has 1 aromatic heterocycles. The predicted molar refractivity (Wildman–Crippen MR) is 102 cm³/mol. The first-order chi connectivity index (χ1) is 14.1. The van der Waals surface area contributed by atoms with Crippen molar-refractivity contribution in [2.75, 3.05) is 13.7 Å². The Balaban J connectivity index is 2.14. The molecular weight excluding hydrogens is 425 g/mol. The number of nitrogens with one attached hydrogen (secondary N) is 2. The van der Waals surface area contributed by atoms with Gasteiger partial charge in [0.25, 0.3) is 0 Å². The maximum atomic E-state index is 13.9. The molecule has 3 atom stereocenters. The number of halogens is 3. The number of thiophene rings is 1. The summed E-state index contributed by atoms with van der Waals surface area (Å²) < 4.78 is 52.2. The van der Waals surface area contributed by atoms with Crippen LogP contribution in [0.15, 0.2) is 35.7 Å². The van der Waals surface area contributed by atoms with E-state index in [1.54, 1.807) is 6.92 Å². The lowest BCUT2D eigenvalue weighted by Gasteiger charge is -2.44. The summed E-state index contributed by atoms with van der Waals surface area (Å²) in [4.78, 5) is 25.1. The molecule has 0 radical (unpaired) electrons. The zero-order valence-corrected chi connectivity index (χ0v) is 16.8. The van der Waals surface area contributed by atoms with Crippen LogP contribution < -0.4 is 20.1 Å². The van der Waals surface area contributed by atoms with Gasteiger partial charge in [-0.25, -0.2) is 4.79 Å². The van der Waals surface area contributed by atoms with Crippen molar-refractivity contribution in [2.24, 2.45) is 5.92 Å². The Hall–Kier alpha value is -2.79. The molecule has 1 fully saturated rings. The maximum Gasteiger partial charge on any atom is 0.437 e. The molecule has 162 valence electrons. The zero-order chi connectivity index (χ0) is 22.1. The number of carbonyl (C=O) groups is 2. The Bertz CT molecular complexity index is 935. The summed E-state index contributed by atoms with van der Waals surface area (Å²) in [7, 11) is 1.35. The highest BCUT2D eigenvalue weighted by Gasteiger charge is 2.66. The topological polar surface area (TPSA) is 96.9 Å². The number of carbonyl (C=O) groups excluding carboxylic acids is 2. The third-order valence-electron chi connectivity index (χ3n) is 4.70. The van der Waals surface area contributed by atoms with Gasteiger partial charge in [-0.05, 0) is 36.1 Å². The summed E-state index contributed by atoms with van der Waals surface area (Å²) in [5.41, 5.74) is -3.63. The molecule has 3 N–H and O–H groups in total. The normalized spacial score (nSPS) is 24.0. The fourth-order valence-electron chi connectivity index (χ4n) is 3.34. The van der Waals surface area contributed by atoms with Gasteiger partial charge in [-0.3, -0.25) is 4.79 Å². The molecule has 1 aliphatic rings. The number of amides is 2.